The lowest BCUT2D eigenvalue weighted by molar-refractivity contribution is -0.276. The van der Waals surface area contributed by atoms with Gasteiger partial charge in [0.1, 0.15) is 11.6 Å². The number of halogens is 5. The van der Waals surface area contributed by atoms with Crippen LogP contribution in [0.5, 0.6) is 11.6 Å². The molecule has 1 aromatic heterocycles. The predicted octanol–water partition coefficient (Wildman–Crippen LogP) is 3.83. The van der Waals surface area contributed by atoms with Crippen LogP contribution in [0.2, 0.25) is 5.02 Å². The summed E-state index contributed by atoms with van der Waals surface area (Å²) in [5, 5.41) is 15.1. The third-order valence-electron chi connectivity index (χ3n) is 5.51. The molecule has 0 bridgehead atoms. The van der Waals surface area contributed by atoms with Crippen molar-refractivity contribution in [3.8, 4) is 11.6 Å². The molecule has 0 unspecified atom stereocenters. The molecule has 1 aromatic carbocycles. The minimum Gasteiger partial charge on any atom is -0.484 e. The Labute approximate surface area is 202 Å². The molecule has 1 aliphatic rings. The van der Waals surface area contributed by atoms with Gasteiger partial charge in [-0.3, -0.25) is 9.59 Å². The van der Waals surface area contributed by atoms with Crippen molar-refractivity contribution in [2.45, 2.75) is 37.6 Å². The van der Waals surface area contributed by atoms with Gasteiger partial charge in [-0.25, -0.2) is 9.37 Å². The Kier molecular flexibility index (Phi) is 8.39. The summed E-state index contributed by atoms with van der Waals surface area (Å²) in [7, 11) is 0. The first-order chi connectivity index (χ1) is 16.5. The molecule has 1 aliphatic carbocycles. The van der Waals surface area contributed by atoms with Crippen molar-refractivity contribution in [2.75, 3.05) is 18.5 Å². The highest BCUT2D eigenvalue weighted by Gasteiger charge is 2.38. The van der Waals surface area contributed by atoms with Gasteiger partial charge in [-0.15, -0.1) is 13.2 Å². The fourth-order valence-electron chi connectivity index (χ4n) is 3.68. The van der Waals surface area contributed by atoms with Crippen LogP contribution in [-0.4, -0.2) is 47.0 Å². The zero-order chi connectivity index (χ0) is 25.6. The molecule has 190 valence electrons. The van der Waals surface area contributed by atoms with E-state index in [1.54, 1.807) is 0 Å². The number of amides is 2. The van der Waals surface area contributed by atoms with Crippen molar-refractivity contribution >= 4 is 29.1 Å². The van der Waals surface area contributed by atoms with E-state index in [-0.39, 0.29) is 29.0 Å². The second-order valence-corrected chi connectivity index (χ2v) is 8.45. The smallest absolute Gasteiger partial charge is 0.484 e. The molecule has 35 heavy (non-hydrogen) atoms. The van der Waals surface area contributed by atoms with Crippen LogP contribution in [0.3, 0.4) is 0 Å². The molecule has 1 heterocycles. The molecule has 3 N–H and O–H groups in total. The molecule has 8 nitrogen and oxygen atoms in total. The maximum absolute atomic E-state index is 13.5. The van der Waals surface area contributed by atoms with Gasteiger partial charge in [0.2, 0.25) is 11.8 Å². The highest BCUT2D eigenvalue weighted by atomic mass is 35.5. The molecule has 0 saturated heterocycles. The van der Waals surface area contributed by atoms with Crippen molar-refractivity contribution in [1.82, 2.24) is 10.3 Å². The summed E-state index contributed by atoms with van der Waals surface area (Å²) < 4.78 is 59.1. The van der Waals surface area contributed by atoms with Gasteiger partial charge in [-0.2, -0.15) is 0 Å². The van der Waals surface area contributed by atoms with Crippen LogP contribution in [0.4, 0.5) is 23.2 Å². The summed E-state index contributed by atoms with van der Waals surface area (Å²) in [5.41, 5.74) is -0.742. The SMILES string of the molecule is O=C(COc1ccc(Cl)c(F)c1)NC1(CO)CCC(C(=O)Nc2ccc(OC(F)(F)F)nc2)CC1. The Morgan fingerprint density at radius 3 is 2.49 bits per heavy atom. The number of nitrogens with zero attached hydrogens (tertiary/aromatic N) is 1. The minimum atomic E-state index is -4.87. The third-order valence-corrected chi connectivity index (χ3v) is 5.81. The maximum atomic E-state index is 13.5. The quantitative estimate of drug-likeness (QED) is 0.457. The average Bonchev–Trinajstić information content (AvgIpc) is 2.80. The van der Waals surface area contributed by atoms with Gasteiger partial charge >= 0.3 is 6.36 Å². The molecule has 0 spiro atoms. The van der Waals surface area contributed by atoms with Crippen molar-refractivity contribution in [3.05, 3.63) is 47.4 Å². The van der Waals surface area contributed by atoms with E-state index in [2.05, 4.69) is 20.4 Å². The number of alkyl halides is 3. The molecular formula is C22H22ClF4N3O5. The number of aromatic nitrogens is 1. The molecule has 1 saturated carbocycles. The molecule has 0 aliphatic heterocycles. The van der Waals surface area contributed by atoms with E-state index in [9.17, 15) is 32.3 Å². The van der Waals surface area contributed by atoms with Crippen molar-refractivity contribution in [1.29, 1.82) is 0 Å². The Balaban J connectivity index is 1.48. The lowest BCUT2D eigenvalue weighted by Gasteiger charge is -2.39. The Bertz CT molecular complexity index is 1040. The van der Waals surface area contributed by atoms with Gasteiger partial charge in [0.25, 0.3) is 5.91 Å². The molecule has 0 atom stereocenters. The number of nitrogens with one attached hydrogen (secondary N) is 2. The number of anilines is 1. The number of aliphatic hydroxyl groups excluding tert-OH is 1. The van der Waals surface area contributed by atoms with E-state index < -0.39 is 42.0 Å². The number of aliphatic hydroxyl groups is 1. The first-order valence-electron chi connectivity index (χ1n) is 10.5. The highest BCUT2D eigenvalue weighted by Crippen LogP contribution is 2.33. The molecule has 1 fully saturated rings. The van der Waals surface area contributed by atoms with E-state index in [1.807, 2.05) is 0 Å². The maximum Gasteiger partial charge on any atom is 0.574 e. The predicted molar refractivity (Wildman–Crippen MR) is 116 cm³/mol. The summed E-state index contributed by atoms with van der Waals surface area (Å²) in [4.78, 5) is 28.4. The summed E-state index contributed by atoms with van der Waals surface area (Å²) in [6.07, 6.45) is -2.52. The molecule has 13 heteroatoms. The number of hydrogen-bond donors (Lipinski definition) is 3. The summed E-state index contributed by atoms with van der Waals surface area (Å²) in [6.45, 7) is -0.763. The van der Waals surface area contributed by atoms with Crippen molar-refractivity contribution in [3.63, 3.8) is 0 Å². The van der Waals surface area contributed by atoms with Crippen LogP contribution in [0.15, 0.2) is 36.5 Å². The normalized spacial score (nSPS) is 20.1. The Morgan fingerprint density at radius 2 is 1.91 bits per heavy atom. The third kappa shape index (κ3) is 7.69. The van der Waals surface area contributed by atoms with Crippen LogP contribution >= 0.6 is 11.6 Å². The highest BCUT2D eigenvalue weighted by molar-refractivity contribution is 6.30. The first kappa shape index (κ1) is 26.5. The second kappa shape index (κ2) is 11.1. The average molecular weight is 520 g/mol. The number of carbonyl (C=O) groups excluding carboxylic acids is 2. The van der Waals surface area contributed by atoms with Crippen LogP contribution in [-0.2, 0) is 9.59 Å². The van der Waals surface area contributed by atoms with Gasteiger partial charge in [0.15, 0.2) is 6.61 Å². The molecule has 2 amide bonds. The fraction of sp³-hybridized carbons (Fsp3) is 0.409. The zero-order valence-corrected chi connectivity index (χ0v) is 19.0. The number of ether oxygens (including phenoxy) is 2. The number of pyridine rings is 1. The van der Waals surface area contributed by atoms with Gasteiger partial charge in [0, 0.05) is 18.1 Å². The van der Waals surface area contributed by atoms with E-state index in [0.29, 0.717) is 25.7 Å². The van der Waals surface area contributed by atoms with Gasteiger partial charge in [0.05, 0.1) is 29.1 Å². The van der Waals surface area contributed by atoms with Gasteiger partial charge < -0.3 is 25.2 Å². The van der Waals surface area contributed by atoms with Crippen LogP contribution in [0, 0.1) is 11.7 Å². The lowest BCUT2D eigenvalue weighted by Crippen LogP contribution is -2.55. The van der Waals surface area contributed by atoms with Crippen LogP contribution in [0.25, 0.3) is 0 Å². The second-order valence-electron chi connectivity index (χ2n) is 8.05. The summed E-state index contributed by atoms with van der Waals surface area (Å²) in [5.74, 6) is -2.54. The fourth-order valence-corrected chi connectivity index (χ4v) is 3.80. The van der Waals surface area contributed by atoms with Crippen LogP contribution in [0.1, 0.15) is 25.7 Å². The monoisotopic (exact) mass is 519 g/mol. The topological polar surface area (TPSA) is 110 Å². The Morgan fingerprint density at radius 1 is 1.20 bits per heavy atom. The summed E-state index contributed by atoms with van der Waals surface area (Å²) in [6, 6.07) is 5.98. The lowest BCUT2D eigenvalue weighted by atomic mass is 9.76. The molecule has 0 radical (unpaired) electrons. The zero-order valence-electron chi connectivity index (χ0n) is 18.2. The molecule has 2 aromatic rings. The van der Waals surface area contributed by atoms with Crippen molar-refractivity contribution < 1.29 is 41.7 Å². The summed E-state index contributed by atoms with van der Waals surface area (Å²) >= 11 is 5.60. The number of carbonyl (C=O) groups is 2. The Hall–Kier alpha value is -3.12. The minimum absolute atomic E-state index is 0.0782. The standard InChI is InChI=1S/C22H22ClF4N3O5/c23-16-3-2-15(9-17(16)24)34-11-18(32)30-21(12-31)7-5-13(6-8-21)20(33)29-14-1-4-19(28-10-14)35-22(25,26)27/h1-4,9-10,13,31H,5-8,11-12H2,(H,29,33)(H,30,32). The number of hydrogen-bond acceptors (Lipinski definition) is 6. The first-order valence-corrected chi connectivity index (χ1v) is 10.9. The van der Waals surface area contributed by atoms with Crippen LogP contribution < -0.4 is 20.1 Å². The molecular weight excluding hydrogens is 498 g/mol. The number of benzene rings is 1. The van der Waals surface area contributed by atoms with E-state index in [4.69, 9.17) is 16.3 Å². The van der Waals surface area contributed by atoms with E-state index in [0.717, 1.165) is 18.3 Å². The number of rotatable bonds is 8. The van der Waals surface area contributed by atoms with Crippen molar-refractivity contribution in [2.24, 2.45) is 5.92 Å². The van der Waals surface area contributed by atoms with E-state index in [1.165, 1.54) is 18.2 Å². The largest absolute Gasteiger partial charge is 0.574 e. The van der Waals surface area contributed by atoms with Gasteiger partial charge in [-0.1, -0.05) is 11.6 Å². The molecule has 3 rings (SSSR count). The van der Waals surface area contributed by atoms with Gasteiger partial charge in [-0.05, 0) is 43.9 Å². The van der Waals surface area contributed by atoms with E-state index >= 15 is 0 Å².